The van der Waals surface area contributed by atoms with Crippen molar-refractivity contribution in [2.24, 2.45) is 0 Å². The molecule has 0 bridgehead atoms. The molecule has 0 aromatic heterocycles. The highest BCUT2D eigenvalue weighted by Gasteiger charge is 2.28. The Morgan fingerprint density at radius 3 is 2.88 bits per heavy atom. The normalized spacial score (nSPS) is 26.0. The third kappa shape index (κ3) is 3.94. The zero-order chi connectivity index (χ0) is 12.0. The van der Waals surface area contributed by atoms with Crippen molar-refractivity contribution in [1.29, 1.82) is 0 Å². The molecular weight excluding hydrogens is 206 g/mol. The molecule has 0 radical (unpaired) electrons. The summed E-state index contributed by atoms with van der Waals surface area (Å²) in [5.41, 5.74) is 0.397. The highest BCUT2D eigenvalue weighted by Crippen LogP contribution is 2.23. The van der Waals surface area contributed by atoms with Gasteiger partial charge in [0.2, 0.25) is 0 Å². The number of hydrogen-bond acceptors (Lipinski definition) is 3. The summed E-state index contributed by atoms with van der Waals surface area (Å²) in [6, 6.07) is 0. The maximum absolute atomic E-state index is 10.7. The van der Waals surface area contributed by atoms with E-state index in [1.54, 1.807) is 6.08 Å². The topological polar surface area (TPSA) is 58.6 Å². The standard InChI is InChI=1S/C12H21NO3/c1-3-10(11(14)15)5-7-13-9-12(2)6-4-8-16-12/h5,13H,3-4,6-9H2,1-2H3,(H,14,15). The van der Waals surface area contributed by atoms with Crippen molar-refractivity contribution < 1.29 is 14.6 Å². The SMILES string of the molecule is CCC(=CCNCC1(C)CCCO1)C(=O)O. The van der Waals surface area contributed by atoms with E-state index in [1.165, 1.54) is 0 Å². The summed E-state index contributed by atoms with van der Waals surface area (Å²) in [5, 5.41) is 12.0. The van der Waals surface area contributed by atoms with Crippen LogP contribution in [0.5, 0.6) is 0 Å². The summed E-state index contributed by atoms with van der Waals surface area (Å²) in [7, 11) is 0. The lowest BCUT2D eigenvalue weighted by atomic mass is 10.0. The minimum atomic E-state index is -0.826. The van der Waals surface area contributed by atoms with Gasteiger partial charge in [0.1, 0.15) is 0 Å². The first-order valence-corrected chi connectivity index (χ1v) is 5.84. The number of nitrogens with one attached hydrogen (secondary N) is 1. The van der Waals surface area contributed by atoms with Gasteiger partial charge in [-0.1, -0.05) is 13.0 Å². The molecule has 0 aliphatic carbocycles. The van der Waals surface area contributed by atoms with Gasteiger partial charge in [0, 0.05) is 25.3 Å². The minimum Gasteiger partial charge on any atom is -0.478 e. The van der Waals surface area contributed by atoms with Gasteiger partial charge in [-0.2, -0.15) is 0 Å². The maximum atomic E-state index is 10.7. The van der Waals surface area contributed by atoms with Crippen molar-refractivity contribution in [2.45, 2.75) is 38.7 Å². The van der Waals surface area contributed by atoms with Crippen molar-refractivity contribution >= 4 is 5.97 Å². The summed E-state index contributed by atoms with van der Waals surface area (Å²) in [6.07, 6.45) is 4.48. The third-order valence-corrected chi connectivity index (χ3v) is 2.95. The van der Waals surface area contributed by atoms with Crippen LogP contribution in [-0.2, 0) is 9.53 Å². The molecule has 0 aromatic carbocycles. The van der Waals surface area contributed by atoms with E-state index in [9.17, 15) is 4.79 Å². The Hall–Kier alpha value is -0.870. The van der Waals surface area contributed by atoms with Crippen LogP contribution in [0.25, 0.3) is 0 Å². The van der Waals surface area contributed by atoms with Crippen LogP contribution in [-0.4, -0.2) is 36.4 Å². The molecule has 4 nitrogen and oxygen atoms in total. The van der Waals surface area contributed by atoms with E-state index in [4.69, 9.17) is 9.84 Å². The molecular formula is C12H21NO3. The fraction of sp³-hybridized carbons (Fsp3) is 0.750. The Labute approximate surface area is 96.7 Å². The molecule has 0 saturated carbocycles. The average molecular weight is 227 g/mol. The van der Waals surface area contributed by atoms with Crippen molar-refractivity contribution in [1.82, 2.24) is 5.32 Å². The highest BCUT2D eigenvalue weighted by atomic mass is 16.5. The van der Waals surface area contributed by atoms with E-state index < -0.39 is 5.97 Å². The van der Waals surface area contributed by atoms with Crippen LogP contribution < -0.4 is 5.32 Å². The fourth-order valence-electron chi connectivity index (χ4n) is 1.89. The number of hydrogen-bond donors (Lipinski definition) is 2. The molecule has 16 heavy (non-hydrogen) atoms. The molecule has 1 heterocycles. The van der Waals surface area contributed by atoms with Crippen LogP contribution in [0, 0.1) is 0 Å². The minimum absolute atomic E-state index is 0.0660. The predicted octanol–water partition coefficient (Wildman–Crippen LogP) is 1.57. The summed E-state index contributed by atoms with van der Waals surface area (Å²) < 4.78 is 5.62. The zero-order valence-electron chi connectivity index (χ0n) is 10.1. The molecule has 1 rings (SSSR count). The number of rotatable bonds is 6. The Morgan fingerprint density at radius 1 is 1.62 bits per heavy atom. The molecule has 1 aliphatic heterocycles. The van der Waals surface area contributed by atoms with Gasteiger partial charge in [-0.15, -0.1) is 0 Å². The molecule has 2 N–H and O–H groups in total. The lowest BCUT2D eigenvalue weighted by Gasteiger charge is -2.23. The van der Waals surface area contributed by atoms with Crippen LogP contribution in [0.2, 0.25) is 0 Å². The number of ether oxygens (including phenoxy) is 1. The van der Waals surface area contributed by atoms with Crippen molar-refractivity contribution in [3.05, 3.63) is 11.6 Å². The van der Waals surface area contributed by atoms with E-state index in [2.05, 4.69) is 12.2 Å². The number of aliphatic carboxylic acids is 1. The van der Waals surface area contributed by atoms with Crippen LogP contribution >= 0.6 is 0 Å². The monoisotopic (exact) mass is 227 g/mol. The molecule has 1 atom stereocenters. The maximum Gasteiger partial charge on any atom is 0.331 e. The van der Waals surface area contributed by atoms with Crippen LogP contribution in [0.1, 0.15) is 33.1 Å². The second-order valence-corrected chi connectivity index (χ2v) is 4.42. The van der Waals surface area contributed by atoms with E-state index in [-0.39, 0.29) is 5.60 Å². The Morgan fingerprint density at radius 2 is 2.38 bits per heavy atom. The van der Waals surface area contributed by atoms with Crippen LogP contribution in [0.15, 0.2) is 11.6 Å². The van der Waals surface area contributed by atoms with Gasteiger partial charge in [-0.25, -0.2) is 4.79 Å². The lowest BCUT2D eigenvalue weighted by molar-refractivity contribution is -0.132. The van der Waals surface area contributed by atoms with Crippen molar-refractivity contribution in [3.8, 4) is 0 Å². The Balaban J connectivity index is 2.27. The summed E-state index contributed by atoms with van der Waals surface area (Å²) >= 11 is 0. The quantitative estimate of drug-likeness (QED) is 0.534. The molecule has 0 spiro atoms. The van der Waals surface area contributed by atoms with Crippen LogP contribution in [0.4, 0.5) is 0 Å². The van der Waals surface area contributed by atoms with Crippen molar-refractivity contribution in [2.75, 3.05) is 19.7 Å². The van der Waals surface area contributed by atoms with Crippen molar-refractivity contribution in [3.63, 3.8) is 0 Å². The van der Waals surface area contributed by atoms with E-state index in [0.29, 0.717) is 18.5 Å². The molecule has 0 amide bonds. The first kappa shape index (κ1) is 13.2. The molecule has 1 saturated heterocycles. The average Bonchev–Trinajstić information content (AvgIpc) is 2.65. The highest BCUT2D eigenvalue weighted by molar-refractivity contribution is 5.86. The second-order valence-electron chi connectivity index (χ2n) is 4.42. The lowest BCUT2D eigenvalue weighted by Crippen LogP contribution is -2.37. The second kappa shape index (κ2) is 6.01. The molecule has 4 heteroatoms. The number of carbonyl (C=O) groups is 1. The van der Waals surface area contributed by atoms with Gasteiger partial charge in [-0.3, -0.25) is 0 Å². The smallest absolute Gasteiger partial charge is 0.331 e. The van der Waals surface area contributed by atoms with Gasteiger partial charge in [0.25, 0.3) is 0 Å². The molecule has 1 fully saturated rings. The van der Waals surface area contributed by atoms with Gasteiger partial charge in [0.15, 0.2) is 0 Å². The largest absolute Gasteiger partial charge is 0.478 e. The van der Waals surface area contributed by atoms with E-state index in [0.717, 1.165) is 26.0 Å². The first-order valence-electron chi connectivity index (χ1n) is 5.84. The third-order valence-electron chi connectivity index (χ3n) is 2.95. The summed E-state index contributed by atoms with van der Waals surface area (Å²) in [6.45, 7) is 6.15. The van der Waals surface area contributed by atoms with Crippen LogP contribution in [0.3, 0.4) is 0 Å². The molecule has 92 valence electrons. The molecule has 1 unspecified atom stereocenters. The first-order chi connectivity index (χ1) is 7.57. The Kier molecular flexibility index (Phi) is 4.96. The fourth-order valence-corrected chi connectivity index (χ4v) is 1.89. The molecule has 1 aliphatic rings. The number of carboxylic acid groups (broad SMARTS) is 1. The summed E-state index contributed by atoms with van der Waals surface area (Å²) in [4.78, 5) is 10.7. The van der Waals surface area contributed by atoms with Gasteiger partial charge in [-0.05, 0) is 26.2 Å². The van der Waals surface area contributed by atoms with Gasteiger partial charge in [0.05, 0.1) is 5.60 Å². The Bertz CT molecular complexity index is 267. The zero-order valence-corrected chi connectivity index (χ0v) is 10.1. The van der Waals surface area contributed by atoms with Gasteiger partial charge >= 0.3 is 5.97 Å². The summed E-state index contributed by atoms with van der Waals surface area (Å²) in [5.74, 6) is -0.826. The van der Waals surface area contributed by atoms with E-state index >= 15 is 0 Å². The molecule has 0 aromatic rings. The van der Waals surface area contributed by atoms with E-state index in [1.807, 2.05) is 6.92 Å². The number of carboxylic acids is 1. The van der Waals surface area contributed by atoms with Gasteiger partial charge < -0.3 is 15.2 Å². The predicted molar refractivity (Wildman–Crippen MR) is 62.5 cm³/mol.